The first-order valence-corrected chi connectivity index (χ1v) is 7.27. The average molecular weight is 290 g/mol. The second-order valence-electron chi connectivity index (χ2n) is 5.68. The number of aromatic amines is 1. The molecule has 0 radical (unpaired) electrons. The first-order chi connectivity index (χ1) is 10.5. The number of allylic oxidation sites excluding steroid dienone is 1. The van der Waals surface area contributed by atoms with Gasteiger partial charge in [0.25, 0.3) is 0 Å². The summed E-state index contributed by atoms with van der Waals surface area (Å²) in [5.74, 6) is 0.0350. The van der Waals surface area contributed by atoms with Gasteiger partial charge in [-0.2, -0.15) is 0 Å². The molecule has 3 nitrogen and oxygen atoms in total. The van der Waals surface area contributed by atoms with Gasteiger partial charge in [0, 0.05) is 28.9 Å². The molecule has 22 heavy (non-hydrogen) atoms. The normalized spacial score (nSPS) is 11.4. The van der Waals surface area contributed by atoms with Crippen LogP contribution in [0.5, 0.6) is 0 Å². The van der Waals surface area contributed by atoms with Gasteiger partial charge in [0.05, 0.1) is 0 Å². The smallest absolute Gasteiger partial charge is 0.152 e. The van der Waals surface area contributed by atoms with Gasteiger partial charge in [-0.25, -0.2) is 4.98 Å². The van der Waals surface area contributed by atoms with Crippen LogP contribution in [-0.2, 0) is 4.79 Å². The van der Waals surface area contributed by atoms with Crippen molar-refractivity contribution in [2.45, 2.75) is 20.8 Å². The Kier molecular flexibility index (Phi) is 3.63. The number of hydrogen-bond donors (Lipinski definition) is 1. The maximum Gasteiger partial charge on any atom is 0.152 e. The van der Waals surface area contributed by atoms with Crippen LogP contribution in [0.25, 0.3) is 28.2 Å². The summed E-state index contributed by atoms with van der Waals surface area (Å²) in [7, 11) is 0. The molecule has 0 bridgehead atoms. The van der Waals surface area contributed by atoms with Crippen LogP contribution in [0.4, 0.5) is 0 Å². The number of aryl methyl sites for hydroxylation is 2. The monoisotopic (exact) mass is 290 g/mol. The molecule has 0 aliphatic carbocycles. The molecule has 0 unspecified atom stereocenters. The number of ketones is 1. The molecule has 3 heteroatoms. The SMILES string of the molecule is CC(=O)/C=C/c1c[nH]c2ncc(-c3cc(C)cc(C)c3)cc12. The number of pyridine rings is 1. The van der Waals surface area contributed by atoms with Gasteiger partial charge in [-0.3, -0.25) is 4.79 Å². The lowest BCUT2D eigenvalue weighted by molar-refractivity contribution is -0.112. The van der Waals surface area contributed by atoms with E-state index in [-0.39, 0.29) is 5.78 Å². The zero-order valence-corrected chi connectivity index (χ0v) is 13.0. The molecule has 3 aromatic rings. The number of benzene rings is 1. The maximum absolute atomic E-state index is 11.1. The third-order valence-electron chi connectivity index (χ3n) is 3.62. The molecule has 1 N–H and O–H groups in total. The fourth-order valence-corrected chi connectivity index (χ4v) is 2.67. The molecule has 110 valence electrons. The highest BCUT2D eigenvalue weighted by atomic mass is 16.1. The Morgan fingerprint density at radius 1 is 1.09 bits per heavy atom. The van der Waals surface area contributed by atoms with Crippen molar-refractivity contribution >= 4 is 22.9 Å². The van der Waals surface area contributed by atoms with Gasteiger partial charge in [0.15, 0.2) is 5.78 Å². The summed E-state index contributed by atoms with van der Waals surface area (Å²) in [5.41, 5.74) is 6.52. The number of H-pyrrole nitrogens is 1. The topological polar surface area (TPSA) is 45.8 Å². The van der Waals surface area contributed by atoms with Crippen LogP contribution in [0.1, 0.15) is 23.6 Å². The van der Waals surface area contributed by atoms with Crippen LogP contribution >= 0.6 is 0 Å². The minimum absolute atomic E-state index is 0.0350. The van der Waals surface area contributed by atoms with Crippen LogP contribution in [0, 0.1) is 13.8 Å². The molecule has 0 saturated heterocycles. The Hall–Kier alpha value is -2.68. The van der Waals surface area contributed by atoms with Crippen molar-refractivity contribution in [1.82, 2.24) is 9.97 Å². The number of carbonyl (C=O) groups is 1. The first-order valence-electron chi connectivity index (χ1n) is 7.27. The lowest BCUT2D eigenvalue weighted by Gasteiger charge is -2.05. The molecule has 0 fully saturated rings. The number of hydrogen-bond acceptors (Lipinski definition) is 2. The van der Waals surface area contributed by atoms with Crippen molar-refractivity contribution < 1.29 is 4.79 Å². The number of fused-ring (bicyclic) bond motifs is 1. The largest absolute Gasteiger partial charge is 0.346 e. The zero-order valence-electron chi connectivity index (χ0n) is 13.0. The number of nitrogens with zero attached hydrogens (tertiary/aromatic N) is 1. The van der Waals surface area contributed by atoms with Gasteiger partial charge in [-0.15, -0.1) is 0 Å². The number of aromatic nitrogens is 2. The third kappa shape index (κ3) is 2.84. The molecular formula is C19H18N2O. The van der Waals surface area contributed by atoms with E-state index in [0.717, 1.165) is 27.7 Å². The van der Waals surface area contributed by atoms with Crippen LogP contribution in [-0.4, -0.2) is 15.8 Å². The van der Waals surface area contributed by atoms with Gasteiger partial charge in [-0.1, -0.05) is 29.3 Å². The maximum atomic E-state index is 11.1. The quantitative estimate of drug-likeness (QED) is 0.724. The highest BCUT2D eigenvalue weighted by Gasteiger charge is 2.06. The fraction of sp³-hybridized carbons (Fsp3) is 0.158. The fourth-order valence-electron chi connectivity index (χ4n) is 2.67. The molecule has 1 aromatic carbocycles. The van der Waals surface area contributed by atoms with Gasteiger partial charge in [0.2, 0.25) is 0 Å². The molecule has 0 spiro atoms. The zero-order chi connectivity index (χ0) is 15.7. The Morgan fingerprint density at radius 3 is 2.50 bits per heavy atom. The van der Waals surface area contributed by atoms with Gasteiger partial charge in [0.1, 0.15) is 5.65 Å². The first kappa shape index (κ1) is 14.3. The summed E-state index contributed by atoms with van der Waals surface area (Å²) in [6, 6.07) is 8.60. The van der Waals surface area contributed by atoms with Gasteiger partial charge < -0.3 is 4.98 Å². The Balaban J connectivity index is 2.12. The van der Waals surface area contributed by atoms with E-state index < -0.39 is 0 Å². The summed E-state index contributed by atoms with van der Waals surface area (Å²) in [6.07, 6.45) is 7.16. The summed E-state index contributed by atoms with van der Waals surface area (Å²) < 4.78 is 0. The predicted octanol–water partition coefficient (Wildman–Crippen LogP) is 4.45. The van der Waals surface area contributed by atoms with E-state index in [2.05, 4.69) is 48.1 Å². The number of rotatable bonds is 3. The van der Waals surface area contributed by atoms with E-state index in [4.69, 9.17) is 0 Å². The third-order valence-corrected chi connectivity index (χ3v) is 3.62. The standard InChI is InChI=1S/C19H18N2O/c1-12-6-13(2)8-16(7-12)17-9-18-15(5-4-14(3)22)10-20-19(18)21-11-17/h4-11H,1-3H3,(H,20,21)/b5-4+. The lowest BCUT2D eigenvalue weighted by Crippen LogP contribution is -1.85. The predicted molar refractivity (Wildman–Crippen MR) is 90.7 cm³/mol. The van der Waals surface area contributed by atoms with Crippen molar-refractivity contribution in [3.63, 3.8) is 0 Å². The molecule has 0 atom stereocenters. The van der Waals surface area contributed by atoms with E-state index in [0.29, 0.717) is 0 Å². The van der Waals surface area contributed by atoms with Crippen LogP contribution < -0.4 is 0 Å². The summed E-state index contributed by atoms with van der Waals surface area (Å²) >= 11 is 0. The van der Waals surface area contributed by atoms with Crippen LogP contribution in [0.15, 0.2) is 42.7 Å². The highest BCUT2D eigenvalue weighted by molar-refractivity contribution is 5.96. The number of nitrogens with one attached hydrogen (secondary N) is 1. The van der Waals surface area contributed by atoms with Crippen molar-refractivity contribution in [1.29, 1.82) is 0 Å². The van der Waals surface area contributed by atoms with Gasteiger partial charge >= 0.3 is 0 Å². The molecule has 0 saturated carbocycles. The molecular weight excluding hydrogens is 272 g/mol. The van der Waals surface area contributed by atoms with Crippen LogP contribution in [0.2, 0.25) is 0 Å². The molecule has 0 aliphatic heterocycles. The van der Waals surface area contributed by atoms with Crippen molar-refractivity contribution in [2.24, 2.45) is 0 Å². The van der Waals surface area contributed by atoms with Gasteiger partial charge in [-0.05, 0) is 44.6 Å². The van der Waals surface area contributed by atoms with E-state index in [9.17, 15) is 4.79 Å². The van der Waals surface area contributed by atoms with E-state index in [1.165, 1.54) is 11.1 Å². The summed E-state index contributed by atoms with van der Waals surface area (Å²) in [6.45, 7) is 5.74. The molecule has 3 rings (SSSR count). The summed E-state index contributed by atoms with van der Waals surface area (Å²) in [5, 5.41) is 1.02. The van der Waals surface area contributed by atoms with Crippen molar-refractivity contribution in [3.8, 4) is 11.1 Å². The second-order valence-corrected chi connectivity index (χ2v) is 5.68. The molecule has 2 heterocycles. The van der Waals surface area contributed by atoms with E-state index in [1.807, 2.05) is 18.5 Å². The summed E-state index contributed by atoms with van der Waals surface area (Å²) in [4.78, 5) is 18.8. The molecule has 0 amide bonds. The average Bonchev–Trinajstić information content (AvgIpc) is 2.86. The van der Waals surface area contributed by atoms with Crippen LogP contribution in [0.3, 0.4) is 0 Å². The molecule has 2 aromatic heterocycles. The number of carbonyl (C=O) groups excluding carboxylic acids is 1. The van der Waals surface area contributed by atoms with Crippen molar-refractivity contribution in [3.05, 3.63) is 59.4 Å². The van der Waals surface area contributed by atoms with Crippen molar-refractivity contribution in [2.75, 3.05) is 0 Å². The minimum Gasteiger partial charge on any atom is -0.346 e. The Morgan fingerprint density at radius 2 is 1.82 bits per heavy atom. The lowest BCUT2D eigenvalue weighted by atomic mass is 10.0. The highest BCUT2D eigenvalue weighted by Crippen LogP contribution is 2.26. The second kappa shape index (κ2) is 5.60. The molecule has 0 aliphatic rings. The Bertz CT molecular complexity index is 867. The van der Waals surface area contributed by atoms with E-state index in [1.54, 1.807) is 13.0 Å². The minimum atomic E-state index is 0.0350. The Labute approximate surface area is 129 Å². The van der Waals surface area contributed by atoms with E-state index >= 15 is 0 Å².